The Morgan fingerprint density at radius 3 is 1.41 bits per heavy atom. The molecule has 0 amide bonds. The standard InChI is InChI=1S/C20H20N2/c1-11-13(3)21-19-7-5-15(9-17(11)19)16-6-8-20-18(10-16)12(2)14(4)22-20/h5-10,21-22H,1-4H3. The Labute approximate surface area is 130 Å². The van der Waals surface area contributed by atoms with Gasteiger partial charge in [0, 0.05) is 33.2 Å². The number of aryl methyl sites for hydroxylation is 4. The summed E-state index contributed by atoms with van der Waals surface area (Å²) >= 11 is 0. The van der Waals surface area contributed by atoms with Gasteiger partial charge in [0.25, 0.3) is 0 Å². The molecule has 0 bridgehead atoms. The van der Waals surface area contributed by atoms with E-state index in [0.29, 0.717) is 0 Å². The number of nitrogens with one attached hydrogen (secondary N) is 2. The molecular weight excluding hydrogens is 268 g/mol. The smallest absolute Gasteiger partial charge is 0.0459 e. The van der Waals surface area contributed by atoms with Gasteiger partial charge in [-0.25, -0.2) is 0 Å². The minimum atomic E-state index is 1.22. The third kappa shape index (κ3) is 1.80. The minimum absolute atomic E-state index is 1.22. The molecule has 0 saturated carbocycles. The van der Waals surface area contributed by atoms with E-state index in [4.69, 9.17) is 0 Å². The van der Waals surface area contributed by atoms with Gasteiger partial charge in [-0.2, -0.15) is 0 Å². The first kappa shape index (κ1) is 13.2. The molecule has 2 aromatic heterocycles. The summed E-state index contributed by atoms with van der Waals surface area (Å²) in [5.41, 5.74) is 10.2. The van der Waals surface area contributed by atoms with Crippen molar-refractivity contribution in [3.05, 3.63) is 58.9 Å². The molecule has 0 aliphatic carbocycles. The molecule has 0 aliphatic rings. The fourth-order valence-corrected chi connectivity index (χ4v) is 3.28. The van der Waals surface area contributed by atoms with Gasteiger partial charge < -0.3 is 9.97 Å². The Balaban J connectivity index is 1.94. The highest BCUT2D eigenvalue weighted by molar-refractivity contribution is 5.92. The molecule has 4 aromatic rings. The van der Waals surface area contributed by atoms with Crippen molar-refractivity contribution < 1.29 is 0 Å². The fraction of sp³-hybridized carbons (Fsp3) is 0.200. The molecule has 0 unspecified atom stereocenters. The van der Waals surface area contributed by atoms with Crippen LogP contribution in [0.25, 0.3) is 32.9 Å². The number of aromatic nitrogens is 2. The predicted octanol–water partition coefficient (Wildman–Crippen LogP) is 5.55. The molecule has 2 aromatic carbocycles. The van der Waals surface area contributed by atoms with E-state index in [-0.39, 0.29) is 0 Å². The van der Waals surface area contributed by atoms with Crippen LogP contribution in [-0.4, -0.2) is 9.97 Å². The summed E-state index contributed by atoms with van der Waals surface area (Å²) in [4.78, 5) is 6.88. The molecule has 2 heterocycles. The van der Waals surface area contributed by atoms with Crippen molar-refractivity contribution in [1.29, 1.82) is 0 Å². The summed E-state index contributed by atoms with van der Waals surface area (Å²) in [6.45, 7) is 8.63. The number of fused-ring (bicyclic) bond motifs is 2. The molecule has 22 heavy (non-hydrogen) atoms. The van der Waals surface area contributed by atoms with Crippen LogP contribution >= 0.6 is 0 Å². The molecule has 0 atom stereocenters. The molecule has 0 saturated heterocycles. The normalized spacial score (nSPS) is 11.6. The van der Waals surface area contributed by atoms with Gasteiger partial charge in [0.1, 0.15) is 0 Å². The van der Waals surface area contributed by atoms with Crippen molar-refractivity contribution in [3.8, 4) is 11.1 Å². The average molecular weight is 288 g/mol. The number of hydrogen-bond donors (Lipinski definition) is 2. The van der Waals surface area contributed by atoms with Crippen LogP contribution in [-0.2, 0) is 0 Å². The molecule has 0 aliphatic heterocycles. The fourth-order valence-electron chi connectivity index (χ4n) is 3.28. The number of H-pyrrole nitrogens is 2. The summed E-state index contributed by atoms with van der Waals surface area (Å²) in [7, 11) is 0. The van der Waals surface area contributed by atoms with Gasteiger partial charge >= 0.3 is 0 Å². The summed E-state index contributed by atoms with van der Waals surface area (Å²) in [6, 6.07) is 13.4. The van der Waals surface area contributed by atoms with Gasteiger partial charge in [0.05, 0.1) is 0 Å². The van der Waals surface area contributed by atoms with E-state index in [1.807, 2.05) is 0 Å². The van der Waals surface area contributed by atoms with Crippen LogP contribution in [0, 0.1) is 27.7 Å². The predicted molar refractivity (Wildman–Crippen MR) is 94.5 cm³/mol. The maximum atomic E-state index is 3.44. The third-order valence-electron chi connectivity index (χ3n) is 4.95. The van der Waals surface area contributed by atoms with Crippen molar-refractivity contribution in [2.24, 2.45) is 0 Å². The van der Waals surface area contributed by atoms with Gasteiger partial charge in [-0.1, -0.05) is 12.1 Å². The largest absolute Gasteiger partial charge is 0.358 e. The van der Waals surface area contributed by atoms with Crippen LogP contribution in [0.3, 0.4) is 0 Å². The first-order valence-electron chi connectivity index (χ1n) is 7.73. The number of benzene rings is 2. The van der Waals surface area contributed by atoms with Crippen molar-refractivity contribution >= 4 is 21.8 Å². The number of aromatic amines is 2. The summed E-state index contributed by atoms with van der Waals surface area (Å²) < 4.78 is 0. The lowest BCUT2D eigenvalue weighted by atomic mass is 10.0. The molecule has 0 spiro atoms. The second kappa shape index (κ2) is 4.51. The van der Waals surface area contributed by atoms with E-state index in [0.717, 1.165) is 0 Å². The lowest BCUT2D eigenvalue weighted by Gasteiger charge is -2.04. The number of hydrogen-bond acceptors (Lipinski definition) is 0. The molecule has 0 radical (unpaired) electrons. The maximum Gasteiger partial charge on any atom is 0.0459 e. The van der Waals surface area contributed by atoms with Crippen molar-refractivity contribution in [2.45, 2.75) is 27.7 Å². The highest BCUT2D eigenvalue weighted by atomic mass is 14.7. The Kier molecular flexibility index (Phi) is 2.70. The van der Waals surface area contributed by atoms with Gasteiger partial charge in [-0.05, 0) is 74.2 Å². The third-order valence-corrected chi connectivity index (χ3v) is 4.95. The van der Waals surface area contributed by atoms with Gasteiger partial charge in [-0.15, -0.1) is 0 Å². The maximum absolute atomic E-state index is 3.44. The van der Waals surface area contributed by atoms with E-state index >= 15 is 0 Å². The van der Waals surface area contributed by atoms with Crippen LogP contribution in [0.2, 0.25) is 0 Å². The zero-order valence-electron chi connectivity index (χ0n) is 13.5. The molecule has 2 N–H and O–H groups in total. The molecule has 110 valence electrons. The summed E-state index contributed by atoms with van der Waals surface area (Å²) in [5.74, 6) is 0. The highest BCUT2D eigenvalue weighted by Crippen LogP contribution is 2.31. The molecule has 2 nitrogen and oxygen atoms in total. The first-order chi connectivity index (χ1) is 10.5. The quantitative estimate of drug-likeness (QED) is 0.460. The number of rotatable bonds is 1. The molecule has 0 fully saturated rings. The lowest BCUT2D eigenvalue weighted by molar-refractivity contribution is 1.25. The first-order valence-corrected chi connectivity index (χ1v) is 7.73. The zero-order chi connectivity index (χ0) is 15.4. The Morgan fingerprint density at radius 2 is 1.00 bits per heavy atom. The second-order valence-corrected chi connectivity index (χ2v) is 6.27. The molecular formula is C20H20N2. The summed E-state index contributed by atoms with van der Waals surface area (Å²) in [6.07, 6.45) is 0. The van der Waals surface area contributed by atoms with Crippen LogP contribution in [0.1, 0.15) is 22.5 Å². The van der Waals surface area contributed by atoms with Gasteiger partial charge in [-0.3, -0.25) is 0 Å². The van der Waals surface area contributed by atoms with E-state index in [1.165, 1.54) is 55.4 Å². The Hall–Kier alpha value is -2.48. The minimum Gasteiger partial charge on any atom is -0.358 e. The van der Waals surface area contributed by atoms with Crippen LogP contribution < -0.4 is 0 Å². The Bertz CT molecular complexity index is 931. The van der Waals surface area contributed by atoms with Gasteiger partial charge in [0.2, 0.25) is 0 Å². The van der Waals surface area contributed by atoms with Crippen LogP contribution in [0.4, 0.5) is 0 Å². The van der Waals surface area contributed by atoms with Gasteiger partial charge in [0.15, 0.2) is 0 Å². The van der Waals surface area contributed by atoms with Crippen LogP contribution in [0.15, 0.2) is 36.4 Å². The van der Waals surface area contributed by atoms with Crippen molar-refractivity contribution in [2.75, 3.05) is 0 Å². The van der Waals surface area contributed by atoms with E-state index in [9.17, 15) is 0 Å². The lowest BCUT2D eigenvalue weighted by Crippen LogP contribution is -1.80. The van der Waals surface area contributed by atoms with E-state index in [2.05, 4.69) is 74.1 Å². The van der Waals surface area contributed by atoms with Crippen molar-refractivity contribution in [1.82, 2.24) is 9.97 Å². The van der Waals surface area contributed by atoms with E-state index < -0.39 is 0 Å². The monoisotopic (exact) mass is 288 g/mol. The highest BCUT2D eigenvalue weighted by Gasteiger charge is 2.09. The molecule has 2 heteroatoms. The Morgan fingerprint density at radius 1 is 0.591 bits per heavy atom. The summed E-state index contributed by atoms with van der Waals surface area (Å²) in [5, 5.41) is 2.63. The molecule has 4 rings (SSSR count). The van der Waals surface area contributed by atoms with Crippen molar-refractivity contribution in [3.63, 3.8) is 0 Å². The topological polar surface area (TPSA) is 31.6 Å². The van der Waals surface area contributed by atoms with E-state index in [1.54, 1.807) is 0 Å². The second-order valence-electron chi connectivity index (χ2n) is 6.27. The average Bonchev–Trinajstić information content (AvgIpc) is 2.96. The SMILES string of the molecule is Cc1[nH]c2ccc(-c3ccc4[nH]c(C)c(C)c4c3)cc2c1C. The van der Waals surface area contributed by atoms with Crippen LogP contribution in [0.5, 0.6) is 0 Å². The zero-order valence-corrected chi connectivity index (χ0v) is 13.5.